The molecule has 2 amide bonds. The molecule has 20 heavy (non-hydrogen) atoms. The molecule has 0 aliphatic rings. The third kappa shape index (κ3) is 4.38. The molecule has 108 valence electrons. The number of benzene rings is 1. The monoisotopic (exact) mass is 278 g/mol. The average molecular weight is 278 g/mol. The minimum Gasteiger partial charge on any atom is -0.467 e. The van der Waals surface area contributed by atoms with Crippen molar-refractivity contribution in [3.63, 3.8) is 0 Å². The Kier molecular flexibility index (Phi) is 5.71. The van der Waals surface area contributed by atoms with Crippen LogP contribution in [0.1, 0.15) is 18.5 Å². The van der Waals surface area contributed by atoms with E-state index in [1.165, 1.54) is 26.0 Å². The zero-order valence-corrected chi connectivity index (χ0v) is 11.8. The van der Waals surface area contributed by atoms with E-state index in [2.05, 4.69) is 10.1 Å². The Morgan fingerprint density at radius 2 is 1.85 bits per heavy atom. The van der Waals surface area contributed by atoms with Crippen molar-refractivity contribution in [1.82, 2.24) is 10.2 Å². The van der Waals surface area contributed by atoms with Crippen LogP contribution < -0.4 is 5.32 Å². The molecule has 1 atom stereocenters. The SMILES string of the molecule is COC(=O)C(NC(=O)CN(C)C(C)=O)c1ccccc1. The molecule has 6 heteroatoms. The van der Waals surface area contributed by atoms with Crippen LogP contribution in [-0.4, -0.2) is 43.4 Å². The van der Waals surface area contributed by atoms with Crippen LogP contribution in [0.15, 0.2) is 30.3 Å². The Labute approximate surface area is 117 Å². The van der Waals surface area contributed by atoms with Crippen molar-refractivity contribution in [2.45, 2.75) is 13.0 Å². The second-order valence-electron chi connectivity index (χ2n) is 4.31. The van der Waals surface area contributed by atoms with Crippen LogP contribution >= 0.6 is 0 Å². The molecule has 0 bridgehead atoms. The normalized spacial score (nSPS) is 11.3. The van der Waals surface area contributed by atoms with E-state index in [0.717, 1.165) is 0 Å². The first-order valence-corrected chi connectivity index (χ1v) is 6.09. The highest BCUT2D eigenvalue weighted by atomic mass is 16.5. The summed E-state index contributed by atoms with van der Waals surface area (Å²) in [6, 6.07) is 7.89. The van der Waals surface area contributed by atoms with Crippen molar-refractivity contribution in [2.75, 3.05) is 20.7 Å². The van der Waals surface area contributed by atoms with Gasteiger partial charge in [0.25, 0.3) is 0 Å². The molecule has 0 spiro atoms. The van der Waals surface area contributed by atoms with Crippen LogP contribution in [0.3, 0.4) is 0 Å². The maximum Gasteiger partial charge on any atom is 0.333 e. The van der Waals surface area contributed by atoms with E-state index in [0.29, 0.717) is 5.56 Å². The van der Waals surface area contributed by atoms with Crippen molar-refractivity contribution in [3.05, 3.63) is 35.9 Å². The molecule has 0 saturated heterocycles. The third-order valence-electron chi connectivity index (χ3n) is 2.79. The Balaban J connectivity index is 2.79. The topological polar surface area (TPSA) is 75.7 Å². The van der Waals surface area contributed by atoms with Crippen molar-refractivity contribution in [3.8, 4) is 0 Å². The summed E-state index contributed by atoms with van der Waals surface area (Å²) in [5.41, 5.74) is 0.623. The number of hydrogen-bond acceptors (Lipinski definition) is 4. The van der Waals surface area contributed by atoms with Gasteiger partial charge < -0.3 is 15.0 Å². The van der Waals surface area contributed by atoms with Crippen molar-refractivity contribution in [2.24, 2.45) is 0 Å². The number of ether oxygens (including phenoxy) is 1. The standard InChI is InChI=1S/C14H18N2O4/c1-10(17)16(2)9-12(18)15-13(14(19)20-3)11-7-5-4-6-8-11/h4-8,13H,9H2,1-3H3,(H,15,18). The quantitative estimate of drug-likeness (QED) is 0.796. The zero-order chi connectivity index (χ0) is 15.1. The Hall–Kier alpha value is -2.37. The fraction of sp³-hybridized carbons (Fsp3) is 0.357. The summed E-state index contributed by atoms with van der Waals surface area (Å²) in [5.74, 6) is -1.22. The van der Waals surface area contributed by atoms with Gasteiger partial charge in [-0.2, -0.15) is 0 Å². The van der Waals surface area contributed by atoms with Gasteiger partial charge >= 0.3 is 5.97 Å². The van der Waals surface area contributed by atoms with Crippen molar-refractivity contribution >= 4 is 17.8 Å². The van der Waals surface area contributed by atoms with E-state index in [1.807, 2.05) is 6.07 Å². The van der Waals surface area contributed by atoms with Crippen LogP contribution in [0.4, 0.5) is 0 Å². The van der Waals surface area contributed by atoms with Gasteiger partial charge in [0.05, 0.1) is 13.7 Å². The summed E-state index contributed by atoms with van der Waals surface area (Å²) in [6.07, 6.45) is 0. The molecule has 1 rings (SSSR count). The largest absolute Gasteiger partial charge is 0.467 e. The van der Waals surface area contributed by atoms with Crippen molar-refractivity contribution < 1.29 is 19.1 Å². The first-order valence-electron chi connectivity index (χ1n) is 6.09. The average Bonchev–Trinajstić information content (AvgIpc) is 2.44. The molecule has 0 radical (unpaired) electrons. The molecule has 0 heterocycles. The van der Waals surface area contributed by atoms with Gasteiger partial charge in [-0.1, -0.05) is 30.3 Å². The van der Waals surface area contributed by atoms with Crippen LogP contribution in [0, 0.1) is 0 Å². The molecule has 1 aromatic carbocycles. The number of rotatable bonds is 5. The maximum atomic E-state index is 11.8. The second kappa shape index (κ2) is 7.28. The molecule has 1 aromatic rings. The maximum absolute atomic E-state index is 11.8. The fourth-order valence-corrected chi connectivity index (χ4v) is 1.58. The lowest BCUT2D eigenvalue weighted by Gasteiger charge is -2.19. The number of nitrogens with one attached hydrogen (secondary N) is 1. The lowest BCUT2D eigenvalue weighted by atomic mass is 10.1. The van der Waals surface area contributed by atoms with Gasteiger partial charge in [0.1, 0.15) is 0 Å². The van der Waals surface area contributed by atoms with Gasteiger partial charge in [-0.25, -0.2) is 4.79 Å². The molecular weight excluding hydrogens is 260 g/mol. The number of likely N-dealkylation sites (N-methyl/N-ethyl adjacent to an activating group) is 1. The van der Waals surface area contributed by atoms with Crippen LogP contribution in [0.2, 0.25) is 0 Å². The molecule has 0 aromatic heterocycles. The van der Waals surface area contributed by atoms with E-state index in [9.17, 15) is 14.4 Å². The number of carbonyl (C=O) groups excluding carboxylic acids is 3. The highest BCUT2D eigenvalue weighted by Crippen LogP contribution is 2.13. The summed E-state index contributed by atoms with van der Waals surface area (Å²) in [7, 11) is 2.77. The van der Waals surface area contributed by atoms with E-state index in [-0.39, 0.29) is 12.5 Å². The number of methoxy groups -OCH3 is 1. The van der Waals surface area contributed by atoms with Gasteiger partial charge in [0.2, 0.25) is 11.8 Å². The van der Waals surface area contributed by atoms with Crippen LogP contribution in [0.5, 0.6) is 0 Å². The highest BCUT2D eigenvalue weighted by Gasteiger charge is 2.23. The second-order valence-corrected chi connectivity index (χ2v) is 4.31. The van der Waals surface area contributed by atoms with Gasteiger partial charge in [-0.3, -0.25) is 9.59 Å². The number of nitrogens with zero attached hydrogens (tertiary/aromatic N) is 1. The van der Waals surface area contributed by atoms with E-state index in [1.54, 1.807) is 24.3 Å². The Morgan fingerprint density at radius 3 is 2.35 bits per heavy atom. The highest BCUT2D eigenvalue weighted by molar-refractivity contribution is 5.88. The smallest absolute Gasteiger partial charge is 0.333 e. The molecule has 1 N–H and O–H groups in total. The minimum atomic E-state index is -0.881. The third-order valence-corrected chi connectivity index (χ3v) is 2.79. The number of esters is 1. The Morgan fingerprint density at radius 1 is 1.25 bits per heavy atom. The van der Waals surface area contributed by atoms with Gasteiger partial charge in [-0.15, -0.1) is 0 Å². The molecule has 0 aliphatic carbocycles. The summed E-state index contributed by atoms with van der Waals surface area (Å²) in [6.45, 7) is 1.25. The number of hydrogen-bond donors (Lipinski definition) is 1. The minimum absolute atomic E-state index is 0.115. The van der Waals surface area contributed by atoms with E-state index < -0.39 is 17.9 Å². The fourth-order valence-electron chi connectivity index (χ4n) is 1.58. The first kappa shape index (κ1) is 15.7. The molecule has 1 unspecified atom stereocenters. The summed E-state index contributed by atoms with van der Waals surface area (Å²) in [4.78, 5) is 35.9. The summed E-state index contributed by atoms with van der Waals surface area (Å²) in [5, 5.41) is 2.56. The molecule has 0 saturated carbocycles. The summed E-state index contributed by atoms with van der Waals surface area (Å²) >= 11 is 0. The van der Waals surface area contributed by atoms with Gasteiger partial charge in [-0.05, 0) is 5.56 Å². The predicted octanol–water partition coefficient (Wildman–Crippen LogP) is 0.495. The number of carbonyl (C=O) groups is 3. The first-order chi connectivity index (χ1) is 9.45. The van der Waals surface area contributed by atoms with Gasteiger partial charge in [0, 0.05) is 14.0 Å². The predicted molar refractivity (Wildman–Crippen MR) is 72.7 cm³/mol. The summed E-state index contributed by atoms with van der Waals surface area (Å²) < 4.78 is 4.69. The van der Waals surface area contributed by atoms with Crippen LogP contribution in [-0.2, 0) is 19.1 Å². The molecule has 6 nitrogen and oxygen atoms in total. The molecular formula is C14H18N2O4. The zero-order valence-electron chi connectivity index (χ0n) is 11.8. The Bertz CT molecular complexity index is 487. The van der Waals surface area contributed by atoms with Crippen molar-refractivity contribution in [1.29, 1.82) is 0 Å². The molecule has 0 fully saturated rings. The van der Waals surface area contributed by atoms with E-state index >= 15 is 0 Å². The lowest BCUT2D eigenvalue weighted by molar-refractivity contribution is -0.145. The number of amides is 2. The lowest BCUT2D eigenvalue weighted by Crippen LogP contribution is -2.41. The molecule has 0 aliphatic heterocycles. The van der Waals surface area contributed by atoms with E-state index in [4.69, 9.17) is 0 Å². The van der Waals surface area contributed by atoms with Crippen LogP contribution in [0.25, 0.3) is 0 Å². The van der Waals surface area contributed by atoms with Gasteiger partial charge in [0.15, 0.2) is 6.04 Å².